The van der Waals surface area contributed by atoms with Gasteiger partial charge in [-0.25, -0.2) is 4.98 Å². The summed E-state index contributed by atoms with van der Waals surface area (Å²) in [6.07, 6.45) is 0. The van der Waals surface area contributed by atoms with Crippen LogP contribution in [0.2, 0.25) is 0 Å². The maximum absolute atomic E-state index is 10.8. The second kappa shape index (κ2) is 6.11. The highest BCUT2D eigenvalue weighted by molar-refractivity contribution is 7.17. The molecule has 4 rings (SSSR count). The molecule has 1 aliphatic heterocycles. The first-order valence-corrected chi connectivity index (χ1v) is 9.76. The highest BCUT2D eigenvalue weighted by atomic mass is 32.1. The van der Waals surface area contributed by atoms with Gasteiger partial charge < -0.3 is 10.0 Å². The third-order valence-corrected chi connectivity index (χ3v) is 6.75. The Hall–Kier alpha value is -1.48. The van der Waals surface area contributed by atoms with Gasteiger partial charge in [-0.1, -0.05) is 11.3 Å². The van der Waals surface area contributed by atoms with Crippen LogP contribution in [0, 0.1) is 13.8 Å². The molecule has 8 heteroatoms. The number of thiazole rings is 1. The van der Waals surface area contributed by atoms with Crippen LogP contribution >= 0.6 is 22.7 Å². The lowest BCUT2D eigenvalue weighted by molar-refractivity contribution is 0.128. The van der Waals surface area contributed by atoms with E-state index in [-0.39, 0.29) is 11.9 Å². The van der Waals surface area contributed by atoms with Crippen molar-refractivity contribution >= 4 is 27.6 Å². The molecule has 1 aliphatic rings. The standard InChI is InChI=1S/C16H21N5OS2/c1-10-4-9-23-13(10)12(20-7-5-19(3)6-8-20)14-15(22)21-16(24-14)17-11(2)18-21/h4,9,12,22H,5-8H2,1-3H3/t12-/m0/s1. The van der Waals surface area contributed by atoms with Crippen LogP contribution in [-0.2, 0) is 0 Å². The second-order valence-corrected chi connectivity index (χ2v) is 8.31. The van der Waals surface area contributed by atoms with E-state index in [0.29, 0.717) is 5.82 Å². The molecule has 0 spiro atoms. The molecule has 0 saturated carbocycles. The van der Waals surface area contributed by atoms with Crippen LogP contribution in [-0.4, -0.2) is 62.7 Å². The summed E-state index contributed by atoms with van der Waals surface area (Å²) in [6, 6.07) is 2.23. The number of piperazine rings is 1. The number of likely N-dealkylation sites (N-methyl/N-ethyl adjacent to an activating group) is 1. The molecule has 1 atom stereocenters. The van der Waals surface area contributed by atoms with Gasteiger partial charge in [-0.05, 0) is 37.9 Å². The summed E-state index contributed by atoms with van der Waals surface area (Å²) in [4.78, 5) is 12.2. The van der Waals surface area contributed by atoms with Gasteiger partial charge in [0.2, 0.25) is 10.8 Å². The van der Waals surface area contributed by atoms with Crippen molar-refractivity contribution in [1.29, 1.82) is 0 Å². The number of aromatic hydroxyl groups is 1. The minimum atomic E-state index is 0.0764. The third-order valence-electron chi connectivity index (χ3n) is 4.61. The number of hydrogen-bond acceptors (Lipinski definition) is 7. The van der Waals surface area contributed by atoms with Crippen molar-refractivity contribution in [2.75, 3.05) is 33.2 Å². The molecule has 0 aromatic carbocycles. The zero-order chi connectivity index (χ0) is 16.8. The van der Waals surface area contributed by atoms with E-state index in [4.69, 9.17) is 0 Å². The van der Waals surface area contributed by atoms with E-state index in [2.05, 4.69) is 45.3 Å². The Morgan fingerprint density at radius 1 is 1.17 bits per heavy atom. The summed E-state index contributed by atoms with van der Waals surface area (Å²) < 4.78 is 1.57. The lowest BCUT2D eigenvalue weighted by Crippen LogP contribution is -2.46. The summed E-state index contributed by atoms with van der Waals surface area (Å²) in [6.45, 7) is 8.06. The molecule has 0 amide bonds. The minimum absolute atomic E-state index is 0.0764. The van der Waals surface area contributed by atoms with E-state index in [1.54, 1.807) is 27.2 Å². The van der Waals surface area contributed by atoms with Gasteiger partial charge in [-0.15, -0.1) is 16.4 Å². The van der Waals surface area contributed by atoms with Crippen molar-refractivity contribution in [3.05, 3.63) is 32.6 Å². The number of fused-ring (bicyclic) bond motifs is 1. The molecule has 0 aliphatic carbocycles. The van der Waals surface area contributed by atoms with Gasteiger partial charge in [0.15, 0.2) is 0 Å². The average molecular weight is 364 g/mol. The van der Waals surface area contributed by atoms with Gasteiger partial charge in [0.05, 0.1) is 10.9 Å². The number of aryl methyl sites for hydroxylation is 2. The highest BCUT2D eigenvalue weighted by Gasteiger charge is 2.32. The number of thiophene rings is 1. The van der Waals surface area contributed by atoms with E-state index in [1.165, 1.54) is 10.4 Å². The highest BCUT2D eigenvalue weighted by Crippen LogP contribution is 2.42. The first-order valence-electron chi connectivity index (χ1n) is 8.06. The SMILES string of the molecule is Cc1nc2sc([C@H](c3sccc3C)N3CCN(C)CC3)c(O)n2n1. The topological polar surface area (TPSA) is 56.9 Å². The molecule has 24 heavy (non-hydrogen) atoms. The normalized spacial score (nSPS) is 18.5. The van der Waals surface area contributed by atoms with Gasteiger partial charge in [-0.2, -0.15) is 4.52 Å². The van der Waals surface area contributed by atoms with Crippen molar-refractivity contribution in [3.63, 3.8) is 0 Å². The van der Waals surface area contributed by atoms with E-state index >= 15 is 0 Å². The summed E-state index contributed by atoms with van der Waals surface area (Å²) >= 11 is 3.31. The molecule has 6 nitrogen and oxygen atoms in total. The monoisotopic (exact) mass is 363 g/mol. The molecular formula is C16H21N5OS2. The average Bonchev–Trinajstić information content (AvgIpc) is 3.20. The van der Waals surface area contributed by atoms with Crippen LogP contribution in [0.3, 0.4) is 0 Å². The minimum Gasteiger partial charge on any atom is -0.492 e. The largest absolute Gasteiger partial charge is 0.492 e. The summed E-state index contributed by atoms with van der Waals surface area (Å²) in [5.74, 6) is 0.916. The molecule has 1 N–H and O–H groups in total. The molecule has 4 heterocycles. The molecule has 0 bridgehead atoms. The van der Waals surface area contributed by atoms with Crippen molar-refractivity contribution in [2.24, 2.45) is 0 Å². The van der Waals surface area contributed by atoms with Crippen molar-refractivity contribution in [3.8, 4) is 5.88 Å². The molecule has 0 unspecified atom stereocenters. The van der Waals surface area contributed by atoms with Gasteiger partial charge in [0.1, 0.15) is 5.82 Å². The van der Waals surface area contributed by atoms with Crippen LogP contribution < -0.4 is 0 Å². The molecule has 3 aromatic heterocycles. The Bertz CT molecular complexity index is 859. The van der Waals surface area contributed by atoms with Crippen LogP contribution in [0.5, 0.6) is 5.88 Å². The van der Waals surface area contributed by atoms with E-state index in [9.17, 15) is 5.11 Å². The second-order valence-electron chi connectivity index (χ2n) is 6.35. The fourth-order valence-electron chi connectivity index (χ4n) is 3.22. The Morgan fingerprint density at radius 3 is 2.54 bits per heavy atom. The third kappa shape index (κ3) is 2.63. The van der Waals surface area contributed by atoms with Gasteiger partial charge in [0, 0.05) is 31.1 Å². The fourth-order valence-corrected chi connectivity index (χ4v) is 5.51. The fraction of sp³-hybridized carbons (Fsp3) is 0.500. The van der Waals surface area contributed by atoms with Crippen molar-refractivity contribution < 1.29 is 5.11 Å². The number of rotatable bonds is 3. The Morgan fingerprint density at radius 2 is 1.92 bits per heavy atom. The number of nitrogens with zero attached hydrogens (tertiary/aromatic N) is 5. The predicted octanol–water partition coefficient (Wildman–Crippen LogP) is 2.51. The maximum atomic E-state index is 10.8. The maximum Gasteiger partial charge on any atom is 0.230 e. The van der Waals surface area contributed by atoms with Gasteiger partial charge >= 0.3 is 0 Å². The first-order chi connectivity index (χ1) is 11.5. The van der Waals surface area contributed by atoms with Crippen molar-refractivity contribution in [1.82, 2.24) is 24.4 Å². The van der Waals surface area contributed by atoms with Crippen LogP contribution in [0.4, 0.5) is 0 Å². The summed E-state index contributed by atoms with van der Waals surface area (Å²) in [5, 5.41) is 17.2. The lowest BCUT2D eigenvalue weighted by Gasteiger charge is -2.37. The quantitative estimate of drug-likeness (QED) is 0.775. The van der Waals surface area contributed by atoms with Crippen molar-refractivity contribution in [2.45, 2.75) is 19.9 Å². The molecule has 0 radical (unpaired) electrons. The molecule has 1 saturated heterocycles. The van der Waals surface area contributed by atoms with Crippen LogP contribution in [0.25, 0.3) is 4.96 Å². The zero-order valence-corrected chi connectivity index (χ0v) is 15.7. The summed E-state index contributed by atoms with van der Waals surface area (Å²) in [5.41, 5.74) is 1.28. The summed E-state index contributed by atoms with van der Waals surface area (Å²) in [7, 11) is 2.16. The van der Waals surface area contributed by atoms with E-state index in [1.807, 2.05) is 6.92 Å². The zero-order valence-electron chi connectivity index (χ0n) is 14.1. The Labute approximate surface area is 149 Å². The van der Waals surface area contributed by atoms with Crippen LogP contribution in [0.15, 0.2) is 11.4 Å². The first kappa shape index (κ1) is 16.0. The predicted molar refractivity (Wildman–Crippen MR) is 97.2 cm³/mol. The molecule has 1 fully saturated rings. The number of aromatic nitrogens is 3. The van der Waals surface area contributed by atoms with E-state index < -0.39 is 0 Å². The van der Waals surface area contributed by atoms with E-state index in [0.717, 1.165) is 36.0 Å². The number of hydrogen-bond donors (Lipinski definition) is 1. The van der Waals surface area contributed by atoms with Crippen LogP contribution in [0.1, 0.15) is 27.2 Å². The molecule has 3 aromatic rings. The Balaban J connectivity index is 1.80. The van der Waals surface area contributed by atoms with Gasteiger partial charge in [-0.3, -0.25) is 4.90 Å². The molecule has 128 valence electrons. The molecular weight excluding hydrogens is 342 g/mol. The smallest absolute Gasteiger partial charge is 0.230 e. The Kier molecular flexibility index (Phi) is 4.07. The van der Waals surface area contributed by atoms with Gasteiger partial charge in [0.25, 0.3) is 0 Å². The lowest BCUT2D eigenvalue weighted by atomic mass is 10.1.